The summed E-state index contributed by atoms with van der Waals surface area (Å²) in [6.45, 7) is 11.5. The van der Waals surface area contributed by atoms with Crippen molar-refractivity contribution in [1.82, 2.24) is 24.6 Å². The Morgan fingerprint density at radius 3 is 2.68 bits per heavy atom. The second kappa shape index (κ2) is 5.80. The van der Waals surface area contributed by atoms with Crippen LogP contribution in [-0.4, -0.2) is 31.2 Å². The minimum Gasteiger partial charge on any atom is -0.294 e. The van der Waals surface area contributed by atoms with Crippen LogP contribution in [0.4, 0.5) is 0 Å². The zero-order valence-electron chi connectivity index (χ0n) is 14.2. The van der Waals surface area contributed by atoms with Crippen molar-refractivity contribution in [3.8, 4) is 0 Å². The molecule has 0 aliphatic carbocycles. The Hall–Kier alpha value is -1.75. The molecule has 0 fully saturated rings. The molecule has 5 nitrogen and oxygen atoms in total. The molecule has 3 rings (SSSR count). The molecule has 0 bridgehead atoms. The molecule has 2 aromatic heterocycles. The van der Waals surface area contributed by atoms with Gasteiger partial charge in [-0.05, 0) is 13.8 Å². The van der Waals surface area contributed by atoms with Crippen molar-refractivity contribution in [3.05, 3.63) is 40.2 Å². The summed E-state index contributed by atoms with van der Waals surface area (Å²) in [7, 11) is 2.01. The Bertz CT molecular complexity index is 687. The average Bonchev–Trinajstić information content (AvgIpc) is 2.73. The van der Waals surface area contributed by atoms with E-state index in [1.54, 1.807) is 0 Å². The van der Waals surface area contributed by atoms with E-state index in [0.717, 1.165) is 37.6 Å². The molecule has 0 N–H and O–H groups in total. The maximum Gasteiger partial charge on any atom is 0.131 e. The summed E-state index contributed by atoms with van der Waals surface area (Å²) in [5.74, 6) is 1.36. The van der Waals surface area contributed by atoms with Crippen LogP contribution < -0.4 is 0 Å². The molecule has 2 aromatic rings. The first-order chi connectivity index (χ1) is 10.5. The first-order valence-electron chi connectivity index (χ1n) is 8.01. The smallest absolute Gasteiger partial charge is 0.131 e. The van der Waals surface area contributed by atoms with Gasteiger partial charge in [-0.2, -0.15) is 5.10 Å². The van der Waals surface area contributed by atoms with Crippen LogP contribution in [-0.2, 0) is 26.6 Å². The number of nitrogens with zero attached hydrogens (tertiary/aromatic N) is 5. The van der Waals surface area contributed by atoms with Crippen LogP contribution in [0.3, 0.4) is 0 Å². The predicted octanol–water partition coefficient (Wildman–Crippen LogP) is 2.51. The SMILES string of the molecule is Cc1nn(C)c(C)c1CN1CCc2nc(C(C)C)ncc2C1. The van der Waals surface area contributed by atoms with Gasteiger partial charge in [0, 0.05) is 67.7 Å². The van der Waals surface area contributed by atoms with Crippen LogP contribution in [0.1, 0.15) is 53.8 Å². The van der Waals surface area contributed by atoms with Gasteiger partial charge in [0.05, 0.1) is 5.69 Å². The predicted molar refractivity (Wildman–Crippen MR) is 86.6 cm³/mol. The third-order valence-electron chi connectivity index (χ3n) is 4.59. The largest absolute Gasteiger partial charge is 0.294 e. The average molecular weight is 299 g/mol. The van der Waals surface area contributed by atoms with Crippen molar-refractivity contribution in [2.24, 2.45) is 7.05 Å². The van der Waals surface area contributed by atoms with Crippen molar-refractivity contribution in [1.29, 1.82) is 0 Å². The van der Waals surface area contributed by atoms with Crippen LogP contribution in [0.15, 0.2) is 6.20 Å². The monoisotopic (exact) mass is 299 g/mol. The third kappa shape index (κ3) is 2.77. The third-order valence-corrected chi connectivity index (χ3v) is 4.59. The molecule has 1 aliphatic rings. The molecular formula is C17H25N5. The minimum absolute atomic E-state index is 0.393. The molecule has 0 saturated heterocycles. The van der Waals surface area contributed by atoms with E-state index in [4.69, 9.17) is 4.98 Å². The fraction of sp³-hybridized carbons (Fsp3) is 0.588. The summed E-state index contributed by atoms with van der Waals surface area (Å²) in [6.07, 6.45) is 3.03. The number of aryl methyl sites for hydroxylation is 2. The van der Waals surface area contributed by atoms with E-state index in [1.165, 1.54) is 22.5 Å². The Morgan fingerprint density at radius 2 is 2.05 bits per heavy atom. The number of hydrogen-bond acceptors (Lipinski definition) is 4. The first-order valence-corrected chi connectivity index (χ1v) is 8.01. The summed E-state index contributed by atoms with van der Waals surface area (Å²) in [6, 6.07) is 0. The molecule has 22 heavy (non-hydrogen) atoms. The van der Waals surface area contributed by atoms with Crippen molar-refractivity contribution in [3.63, 3.8) is 0 Å². The molecule has 0 unspecified atom stereocenters. The zero-order valence-corrected chi connectivity index (χ0v) is 14.2. The van der Waals surface area contributed by atoms with Gasteiger partial charge in [0.25, 0.3) is 0 Å². The maximum absolute atomic E-state index is 4.74. The number of hydrogen-bond donors (Lipinski definition) is 0. The second-order valence-electron chi connectivity index (χ2n) is 6.59. The molecule has 0 saturated carbocycles. The lowest BCUT2D eigenvalue weighted by molar-refractivity contribution is 0.241. The van der Waals surface area contributed by atoms with Crippen LogP contribution in [0, 0.1) is 13.8 Å². The van der Waals surface area contributed by atoms with E-state index in [-0.39, 0.29) is 0 Å². The highest BCUT2D eigenvalue weighted by molar-refractivity contribution is 5.26. The van der Waals surface area contributed by atoms with Crippen molar-refractivity contribution in [2.45, 2.75) is 53.1 Å². The molecule has 3 heterocycles. The van der Waals surface area contributed by atoms with E-state index >= 15 is 0 Å². The quantitative estimate of drug-likeness (QED) is 0.873. The van der Waals surface area contributed by atoms with Gasteiger partial charge < -0.3 is 0 Å². The van der Waals surface area contributed by atoms with Gasteiger partial charge >= 0.3 is 0 Å². The second-order valence-corrected chi connectivity index (χ2v) is 6.59. The molecule has 5 heteroatoms. The maximum atomic E-state index is 4.74. The normalized spacial score (nSPS) is 15.4. The van der Waals surface area contributed by atoms with E-state index in [1.807, 2.05) is 17.9 Å². The summed E-state index contributed by atoms with van der Waals surface area (Å²) in [4.78, 5) is 11.7. The molecule has 0 aromatic carbocycles. The number of aromatic nitrogens is 4. The zero-order chi connectivity index (χ0) is 15.9. The summed E-state index contributed by atoms with van der Waals surface area (Å²) in [5, 5.41) is 4.52. The summed E-state index contributed by atoms with van der Waals surface area (Å²) >= 11 is 0. The van der Waals surface area contributed by atoms with Crippen LogP contribution in [0.25, 0.3) is 0 Å². The highest BCUT2D eigenvalue weighted by atomic mass is 15.3. The number of rotatable bonds is 3. The van der Waals surface area contributed by atoms with Gasteiger partial charge in [-0.25, -0.2) is 9.97 Å². The molecular weight excluding hydrogens is 274 g/mol. The Morgan fingerprint density at radius 1 is 1.27 bits per heavy atom. The van der Waals surface area contributed by atoms with Crippen molar-refractivity contribution < 1.29 is 0 Å². The van der Waals surface area contributed by atoms with Gasteiger partial charge in [-0.15, -0.1) is 0 Å². The van der Waals surface area contributed by atoms with Gasteiger partial charge in [-0.3, -0.25) is 9.58 Å². The molecule has 0 radical (unpaired) electrons. The summed E-state index contributed by atoms with van der Waals surface area (Å²) < 4.78 is 1.97. The van der Waals surface area contributed by atoms with Crippen LogP contribution in [0.2, 0.25) is 0 Å². The van der Waals surface area contributed by atoms with E-state index < -0.39 is 0 Å². The molecule has 0 atom stereocenters. The highest BCUT2D eigenvalue weighted by Gasteiger charge is 2.21. The van der Waals surface area contributed by atoms with Gasteiger partial charge in [-0.1, -0.05) is 13.8 Å². The van der Waals surface area contributed by atoms with Gasteiger partial charge in [0.15, 0.2) is 0 Å². The fourth-order valence-electron chi connectivity index (χ4n) is 3.07. The minimum atomic E-state index is 0.393. The van der Waals surface area contributed by atoms with Crippen LogP contribution in [0.5, 0.6) is 0 Å². The van der Waals surface area contributed by atoms with E-state index in [9.17, 15) is 0 Å². The highest BCUT2D eigenvalue weighted by Crippen LogP contribution is 2.22. The van der Waals surface area contributed by atoms with E-state index in [2.05, 4.69) is 42.7 Å². The molecule has 1 aliphatic heterocycles. The number of fused-ring (bicyclic) bond motifs is 1. The molecule has 118 valence electrons. The lowest BCUT2D eigenvalue weighted by atomic mass is 10.0. The summed E-state index contributed by atoms with van der Waals surface area (Å²) in [5.41, 5.74) is 6.25. The van der Waals surface area contributed by atoms with Crippen molar-refractivity contribution in [2.75, 3.05) is 6.54 Å². The lowest BCUT2D eigenvalue weighted by Crippen LogP contribution is -2.31. The van der Waals surface area contributed by atoms with Crippen LogP contribution >= 0.6 is 0 Å². The van der Waals surface area contributed by atoms with E-state index in [0.29, 0.717) is 5.92 Å². The molecule has 0 amide bonds. The van der Waals surface area contributed by atoms with Crippen molar-refractivity contribution >= 4 is 0 Å². The Kier molecular flexibility index (Phi) is 4.00. The van der Waals surface area contributed by atoms with Gasteiger partial charge in [0.1, 0.15) is 5.82 Å². The Labute approximate surface area is 132 Å². The topological polar surface area (TPSA) is 46.8 Å². The standard InChI is InChI=1S/C17H25N5/c1-11(2)17-18-8-14-9-22(7-6-16(14)19-17)10-15-12(3)20-21(5)13(15)4/h8,11H,6-7,9-10H2,1-5H3. The molecule has 0 spiro atoms. The Balaban J connectivity index is 1.77. The lowest BCUT2D eigenvalue weighted by Gasteiger charge is -2.28. The fourth-order valence-corrected chi connectivity index (χ4v) is 3.07. The first kappa shape index (κ1) is 15.2. The van der Waals surface area contributed by atoms with Gasteiger partial charge in [0.2, 0.25) is 0 Å².